The molecule has 0 saturated heterocycles. The van der Waals surface area contributed by atoms with Gasteiger partial charge in [-0.1, -0.05) is 27.7 Å². The Kier molecular flexibility index (Phi) is 3.17. The predicted molar refractivity (Wildman–Crippen MR) is 58.0 cm³/mol. The number of nitrogens with zero attached hydrogens (tertiary/aromatic N) is 1. The number of nitrogens with one attached hydrogen (secondary N) is 1. The molecular weight excluding hydrogens is 192 g/mol. The van der Waals surface area contributed by atoms with Crippen molar-refractivity contribution in [2.24, 2.45) is 0 Å². The van der Waals surface area contributed by atoms with Crippen LogP contribution in [0.5, 0.6) is 0 Å². The summed E-state index contributed by atoms with van der Waals surface area (Å²) in [5, 5.41) is 15.7. The van der Waals surface area contributed by atoms with Crippen LogP contribution in [0, 0.1) is 0 Å². The highest BCUT2D eigenvalue weighted by atomic mass is 16.4. The van der Waals surface area contributed by atoms with Crippen molar-refractivity contribution in [2.45, 2.75) is 45.4 Å². The highest BCUT2D eigenvalue weighted by Gasteiger charge is 2.23. The Morgan fingerprint density at radius 3 is 2.67 bits per heavy atom. The Labute approximate surface area is 89.7 Å². The van der Waals surface area contributed by atoms with Gasteiger partial charge in [-0.15, -0.1) is 0 Å². The van der Waals surface area contributed by atoms with E-state index in [0.717, 1.165) is 11.3 Å². The van der Waals surface area contributed by atoms with Gasteiger partial charge >= 0.3 is 5.97 Å². The van der Waals surface area contributed by atoms with Crippen molar-refractivity contribution in [3.63, 3.8) is 0 Å². The molecule has 0 bridgehead atoms. The van der Waals surface area contributed by atoms with Crippen molar-refractivity contribution in [3.8, 4) is 0 Å². The molecule has 1 rings (SSSR count). The number of hydrogen-bond acceptors (Lipinski definition) is 2. The molecule has 0 fully saturated rings. The summed E-state index contributed by atoms with van der Waals surface area (Å²) in [6.07, 6.45) is 1.87. The van der Waals surface area contributed by atoms with E-state index in [4.69, 9.17) is 5.11 Å². The molecule has 1 aromatic rings. The summed E-state index contributed by atoms with van der Waals surface area (Å²) < 4.78 is 0. The van der Waals surface area contributed by atoms with Crippen LogP contribution in [0.2, 0.25) is 0 Å². The molecule has 2 N–H and O–H groups in total. The zero-order chi connectivity index (χ0) is 11.6. The molecule has 15 heavy (non-hydrogen) atoms. The fourth-order valence-electron chi connectivity index (χ4n) is 1.64. The molecule has 0 spiro atoms. The summed E-state index contributed by atoms with van der Waals surface area (Å²) in [6.45, 7) is 8.15. The van der Waals surface area contributed by atoms with Gasteiger partial charge in [0.1, 0.15) is 0 Å². The van der Waals surface area contributed by atoms with E-state index in [9.17, 15) is 4.79 Å². The maximum atomic E-state index is 10.6. The van der Waals surface area contributed by atoms with Crippen molar-refractivity contribution in [1.29, 1.82) is 0 Å². The summed E-state index contributed by atoms with van der Waals surface area (Å²) in [6, 6.07) is 0. The standard InChI is InChI=1S/C11H18N2O2/c1-7(5-9(14)15)8-6-12-13-10(8)11(2,3)4/h6-7H,5H2,1-4H3,(H,12,13)(H,14,15). The second-order valence-corrected chi connectivity index (χ2v) is 4.95. The minimum absolute atomic E-state index is 0.00419. The Hall–Kier alpha value is -1.32. The molecule has 4 nitrogen and oxygen atoms in total. The van der Waals surface area contributed by atoms with Crippen LogP contribution in [0.3, 0.4) is 0 Å². The molecule has 1 unspecified atom stereocenters. The van der Waals surface area contributed by atoms with Crippen molar-refractivity contribution in [3.05, 3.63) is 17.5 Å². The summed E-state index contributed by atoms with van der Waals surface area (Å²) in [7, 11) is 0. The van der Waals surface area contributed by atoms with Gasteiger partial charge in [-0.3, -0.25) is 9.89 Å². The monoisotopic (exact) mass is 210 g/mol. The quantitative estimate of drug-likeness (QED) is 0.804. The fraction of sp³-hybridized carbons (Fsp3) is 0.636. The Balaban J connectivity index is 2.95. The Morgan fingerprint density at radius 2 is 2.20 bits per heavy atom. The van der Waals surface area contributed by atoms with Crippen molar-refractivity contribution < 1.29 is 9.90 Å². The van der Waals surface area contributed by atoms with Gasteiger partial charge in [0.15, 0.2) is 0 Å². The second kappa shape index (κ2) is 4.04. The van der Waals surface area contributed by atoms with Crippen LogP contribution >= 0.6 is 0 Å². The topological polar surface area (TPSA) is 66.0 Å². The highest BCUT2D eigenvalue weighted by molar-refractivity contribution is 5.68. The van der Waals surface area contributed by atoms with E-state index >= 15 is 0 Å². The van der Waals surface area contributed by atoms with E-state index < -0.39 is 5.97 Å². The maximum Gasteiger partial charge on any atom is 0.303 e. The molecule has 1 aromatic heterocycles. The van der Waals surface area contributed by atoms with Crippen molar-refractivity contribution in [1.82, 2.24) is 10.2 Å². The summed E-state index contributed by atoms with van der Waals surface area (Å²) in [5.41, 5.74) is 2.00. The van der Waals surface area contributed by atoms with E-state index in [2.05, 4.69) is 31.0 Å². The first-order valence-corrected chi connectivity index (χ1v) is 5.08. The average molecular weight is 210 g/mol. The largest absolute Gasteiger partial charge is 0.481 e. The number of H-pyrrole nitrogens is 1. The first-order valence-electron chi connectivity index (χ1n) is 5.08. The van der Waals surface area contributed by atoms with Gasteiger partial charge in [-0.05, 0) is 11.5 Å². The van der Waals surface area contributed by atoms with E-state index in [-0.39, 0.29) is 17.8 Å². The van der Waals surface area contributed by atoms with Gasteiger partial charge in [0, 0.05) is 11.1 Å². The normalized spacial score (nSPS) is 13.9. The van der Waals surface area contributed by atoms with Gasteiger partial charge in [0.05, 0.1) is 12.6 Å². The fourth-order valence-corrected chi connectivity index (χ4v) is 1.64. The molecule has 0 radical (unpaired) electrons. The van der Waals surface area contributed by atoms with Gasteiger partial charge in [-0.2, -0.15) is 5.10 Å². The lowest BCUT2D eigenvalue weighted by molar-refractivity contribution is -0.137. The first-order chi connectivity index (χ1) is 6.82. The van der Waals surface area contributed by atoms with Crippen LogP contribution in [0.15, 0.2) is 6.20 Å². The van der Waals surface area contributed by atoms with Gasteiger partial charge < -0.3 is 5.11 Å². The van der Waals surface area contributed by atoms with Crippen molar-refractivity contribution in [2.75, 3.05) is 0 Å². The smallest absolute Gasteiger partial charge is 0.303 e. The zero-order valence-electron chi connectivity index (χ0n) is 9.66. The molecule has 0 aliphatic carbocycles. The zero-order valence-corrected chi connectivity index (χ0v) is 9.66. The first kappa shape index (κ1) is 11.8. The summed E-state index contributed by atoms with van der Waals surface area (Å²) >= 11 is 0. The number of rotatable bonds is 3. The molecule has 4 heteroatoms. The molecule has 0 saturated carbocycles. The number of aromatic amines is 1. The minimum atomic E-state index is -0.774. The molecular formula is C11H18N2O2. The van der Waals surface area contributed by atoms with Crippen LogP contribution in [-0.4, -0.2) is 21.3 Å². The third-order valence-corrected chi connectivity index (χ3v) is 2.43. The van der Waals surface area contributed by atoms with Crippen molar-refractivity contribution >= 4 is 5.97 Å². The minimum Gasteiger partial charge on any atom is -0.481 e. The lowest BCUT2D eigenvalue weighted by atomic mass is 9.85. The molecule has 0 aliphatic rings. The maximum absolute atomic E-state index is 10.6. The molecule has 1 atom stereocenters. The van der Waals surface area contributed by atoms with E-state index in [1.165, 1.54) is 0 Å². The van der Waals surface area contributed by atoms with Crippen LogP contribution in [-0.2, 0) is 10.2 Å². The predicted octanol–water partition coefficient (Wildman–Crippen LogP) is 2.29. The molecule has 0 aliphatic heterocycles. The number of carboxylic acids is 1. The number of hydrogen-bond donors (Lipinski definition) is 2. The number of aromatic nitrogens is 2. The van der Waals surface area contributed by atoms with E-state index in [1.807, 2.05) is 6.92 Å². The Morgan fingerprint density at radius 1 is 1.60 bits per heavy atom. The number of aliphatic carboxylic acids is 1. The van der Waals surface area contributed by atoms with Gasteiger partial charge in [0.25, 0.3) is 0 Å². The lowest BCUT2D eigenvalue weighted by Crippen LogP contribution is -2.16. The van der Waals surface area contributed by atoms with Crippen LogP contribution in [0.25, 0.3) is 0 Å². The highest BCUT2D eigenvalue weighted by Crippen LogP contribution is 2.29. The average Bonchev–Trinajstić information content (AvgIpc) is 2.48. The van der Waals surface area contributed by atoms with Crippen LogP contribution in [0.4, 0.5) is 0 Å². The van der Waals surface area contributed by atoms with Gasteiger partial charge in [0.2, 0.25) is 0 Å². The van der Waals surface area contributed by atoms with Gasteiger partial charge in [-0.25, -0.2) is 0 Å². The number of carbonyl (C=O) groups is 1. The summed E-state index contributed by atoms with van der Waals surface area (Å²) in [5.74, 6) is -0.779. The molecule has 0 aromatic carbocycles. The molecule has 84 valence electrons. The second-order valence-electron chi connectivity index (χ2n) is 4.95. The SMILES string of the molecule is CC(CC(=O)O)c1cn[nH]c1C(C)(C)C. The van der Waals surface area contributed by atoms with Crippen LogP contribution < -0.4 is 0 Å². The Bertz CT molecular complexity index is 350. The van der Waals surface area contributed by atoms with E-state index in [0.29, 0.717) is 0 Å². The third kappa shape index (κ3) is 2.81. The lowest BCUT2D eigenvalue weighted by Gasteiger charge is -2.20. The molecule has 1 heterocycles. The van der Waals surface area contributed by atoms with Crippen LogP contribution in [0.1, 0.15) is 51.3 Å². The third-order valence-electron chi connectivity index (χ3n) is 2.43. The van der Waals surface area contributed by atoms with E-state index in [1.54, 1.807) is 6.20 Å². The number of carboxylic acid groups (broad SMARTS) is 1. The summed E-state index contributed by atoms with van der Waals surface area (Å²) in [4.78, 5) is 10.6. The molecule has 0 amide bonds.